The van der Waals surface area contributed by atoms with Crippen LogP contribution in [-0.4, -0.2) is 18.4 Å². The van der Waals surface area contributed by atoms with Gasteiger partial charge in [0.1, 0.15) is 0 Å². The molecule has 4 nitrogen and oxygen atoms in total. The van der Waals surface area contributed by atoms with Crippen LogP contribution in [0.15, 0.2) is 48.5 Å². The van der Waals surface area contributed by atoms with Crippen molar-refractivity contribution < 1.29 is 9.59 Å². The van der Waals surface area contributed by atoms with Crippen LogP contribution in [0.4, 0.5) is 5.69 Å². The van der Waals surface area contributed by atoms with Crippen LogP contribution in [0.2, 0.25) is 0 Å². The van der Waals surface area contributed by atoms with Gasteiger partial charge in [0.25, 0.3) is 0 Å². The van der Waals surface area contributed by atoms with Gasteiger partial charge in [-0.15, -0.1) is 0 Å². The van der Waals surface area contributed by atoms with E-state index in [0.717, 1.165) is 17.7 Å². The lowest BCUT2D eigenvalue weighted by atomic mass is 9.96. The molecule has 2 aromatic rings. The monoisotopic (exact) mass is 364 g/mol. The molecule has 0 spiro atoms. The van der Waals surface area contributed by atoms with Gasteiger partial charge >= 0.3 is 0 Å². The number of aryl methyl sites for hydroxylation is 1. The molecule has 0 bridgehead atoms. The Bertz CT molecular complexity index is 813. The standard InChI is InChI=1S/C23H28N2O2/c1-4-17(3)20-7-5-6-8-21(20)25-15-19(13-22(25)26)23(27)24-14-18-11-9-16(2)10-12-18/h5-12,17,19H,4,13-15H2,1-3H3,(H,24,27)/t17-,19+/m1/s1. The van der Waals surface area contributed by atoms with E-state index < -0.39 is 0 Å². The van der Waals surface area contributed by atoms with Gasteiger partial charge in [0, 0.05) is 25.2 Å². The molecule has 3 rings (SSSR count). The number of nitrogens with one attached hydrogen (secondary N) is 1. The lowest BCUT2D eigenvalue weighted by Gasteiger charge is -2.23. The van der Waals surface area contributed by atoms with Gasteiger partial charge in [0.15, 0.2) is 0 Å². The van der Waals surface area contributed by atoms with Crippen molar-refractivity contribution in [3.05, 3.63) is 65.2 Å². The number of rotatable bonds is 6. The van der Waals surface area contributed by atoms with Crippen molar-refractivity contribution in [3.63, 3.8) is 0 Å². The fraction of sp³-hybridized carbons (Fsp3) is 0.391. The van der Waals surface area contributed by atoms with Crippen molar-refractivity contribution in [2.75, 3.05) is 11.4 Å². The number of nitrogens with zero attached hydrogens (tertiary/aromatic N) is 1. The Labute approximate surface area is 161 Å². The molecule has 1 fully saturated rings. The molecule has 0 unspecified atom stereocenters. The Morgan fingerprint density at radius 3 is 2.59 bits per heavy atom. The van der Waals surface area contributed by atoms with Crippen LogP contribution >= 0.6 is 0 Å². The number of carbonyl (C=O) groups is 2. The first kappa shape index (κ1) is 19.2. The van der Waals surface area contributed by atoms with Crippen LogP contribution < -0.4 is 10.2 Å². The van der Waals surface area contributed by atoms with Crippen LogP contribution in [-0.2, 0) is 16.1 Å². The first-order valence-corrected chi connectivity index (χ1v) is 9.72. The zero-order valence-electron chi connectivity index (χ0n) is 16.4. The average molecular weight is 364 g/mol. The summed E-state index contributed by atoms with van der Waals surface area (Å²) >= 11 is 0. The van der Waals surface area contributed by atoms with Gasteiger partial charge in [0.05, 0.1) is 5.92 Å². The fourth-order valence-electron chi connectivity index (χ4n) is 3.53. The molecule has 1 saturated heterocycles. The van der Waals surface area contributed by atoms with E-state index in [1.807, 2.05) is 49.4 Å². The highest BCUT2D eigenvalue weighted by atomic mass is 16.2. The summed E-state index contributed by atoms with van der Waals surface area (Å²) in [6, 6.07) is 16.2. The second-order valence-electron chi connectivity index (χ2n) is 7.48. The summed E-state index contributed by atoms with van der Waals surface area (Å²) in [4.78, 5) is 27.0. The predicted octanol–water partition coefficient (Wildman–Crippen LogP) is 4.18. The lowest BCUT2D eigenvalue weighted by Crippen LogP contribution is -2.32. The molecule has 2 amide bonds. The molecule has 1 heterocycles. The van der Waals surface area contributed by atoms with E-state index in [4.69, 9.17) is 0 Å². The van der Waals surface area contributed by atoms with E-state index in [1.54, 1.807) is 4.90 Å². The molecule has 0 saturated carbocycles. The van der Waals surface area contributed by atoms with Crippen LogP contribution in [0.3, 0.4) is 0 Å². The van der Waals surface area contributed by atoms with E-state index in [0.29, 0.717) is 19.0 Å². The van der Waals surface area contributed by atoms with Gasteiger partial charge in [-0.3, -0.25) is 9.59 Å². The molecule has 2 aromatic carbocycles. The van der Waals surface area contributed by atoms with Gasteiger partial charge in [-0.1, -0.05) is 61.9 Å². The summed E-state index contributed by atoms with van der Waals surface area (Å²) < 4.78 is 0. The molecule has 1 N–H and O–H groups in total. The number of para-hydroxylation sites is 1. The summed E-state index contributed by atoms with van der Waals surface area (Å²) in [5.74, 6) is 0.0602. The number of carbonyl (C=O) groups excluding carboxylic acids is 2. The van der Waals surface area contributed by atoms with Crippen LogP contribution in [0.25, 0.3) is 0 Å². The first-order chi connectivity index (χ1) is 13.0. The average Bonchev–Trinajstić information content (AvgIpc) is 3.08. The van der Waals surface area contributed by atoms with Gasteiger partial charge in [-0.25, -0.2) is 0 Å². The van der Waals surface area contributed by atoms with Gasteiger partial charge in [-0.2, -0.15) is 0 Å². The molecular weight excluding hydrogens is 336 g/mol. The maximum Gasteiger partial charge on any atom is 0.227 e. The lowest BCUT2D eigenvalue weighted by molar-refractivity contribution is -0.126. The molecule has 4 heteroatoms. The Morgan fingerprint density at radius 2 is 1.89 bits per heavy atom. The summed E-state index contributed by atoms with van der Waals surface area (Å²) in [7, 11) is 0. The minimum absolute atomic E-state index is 0.0289. The molecule has 142 valence electrons. The molecule has 0 aromatic heterocycles. The predicted molar refractivity (Wildman–Crippen MR) is 109 cm³/mol. The largest absolute Gasteiger partial charge is 0.352 e. The van der Waals surface area contributed by atoms with Gasteiger partial charge in [-0.05, 0) is 36.5 Å². The number of hydrogen-bond acceptors (Lipinski definition) is 2. The topological polar surface area (TPSA) is 49.4 Å². The molecule has 27 heavy (non-hydrogen) atoms. The summed E-state index contributed by atoms with van der Waals surface area (Å²) in [5, 5.41) is 2.98. The van der Waals surface area contributed by atoms with Crippen molar-refractivity contribution >= 4 is 17.5 Å². The van der Waals surface area contributed by atoms with E-state index in [9.17, 15) is 9.59 Å². The third-order valence-electron chi connectivity index (χ3n) is 5.45. The first-order valence-electron chi connectivity index (χ1n) is 9.72. The van der Waals surface area contributed by atoms with Crippen LogP contribution in [0.1, 0.15) is 49.3 Å². The molecule has 1 aliphatic heterocycles. The minimum atomic E-state index is -0.298. The molecule has 0 aliphatic carbocycles. The maximum atomic E-state index is 12.6. The van der Waals surface area contributed by atoms with Crippen LogP contribution in [0.5, 0.6) is 0 Å². The Kier molecular flexibility index (Phi) is 5.94. The second kappa shape index (κ2) is 8.38. The number of benzene rings is 2. The van der Waals surface area contributed by atoms with Crippen molar-refractivity contribution in [3.8, 4) is 0 Å². The number of amides is 2. The Morgan fingerprint density at radius 1 is 1.19 bits per heavy atom. The van der Waals surface area contributed by atoms with Gasteiger partial charge in [0.2, 0.25) is 11.8 Å². The summed E-state index contributed by atoms with van der Waals surface area (Å²) in [6.07, 6.45) is 1.29. The van der Waals surface area contributed by atoms with Crippen molar-refractivity contribution in [1.29, 1.82) is 0 Å². The summed E-state index contributed by atoms with van der Waals surface area (Å²) in [6.45, 7) is 7.30. The quantitative estimate of drug-likeness (QED) is 0.836. The highest BCUT2D eigenvalue weighted by Gasteiger charge is 2.36. The van der Waals surface area contributed by atoms with Crippen LogP contribution in [0, 0.1) is 12.8 Å². The number of anilines is 1. The van der Waals surface area contributed by atoms with Crippen molar-refractivity contribution in [2.45, 2.75) is 46.1 Å². The molecule has 2 atom stereocenters. The van der Waals surface area contributed by atoms with E-state index in [1.165, 1.54) is 11.1 Å². The number of hydrogen-bond donors (Lipinski definition) is 1. The second-order valence-corrected chi connectivity index (χ2v) is 7.48. The highest BCUT2D eigenvalue weighted by molar-refractivity contribution is 6.00. The SMILES string of the molecule is CC[C@@H](C)c1ccccc1N1C[C@@H](C(=O)NCc2ccc(C)cc2)CC1=O. The van der Waals surface area contributed by atoms with E-state index >= 15 is 0 Å². The molecule has 1 aliphatic rings. The Balaban J connectivity index is 1.67. The Hall–Kier alpha value is -2.62. The molecular formula is C23H28N2O2. The summed E-state index contributed by atoms with van der Waals surface area (Å²) in [5.41, 5.74) is 4.39. The fourth-order valence-corrected chi connectivity index (χ4v) is 3.53. The van der Waals surface area contributed by atoms with Gasteiger partial charge < -0.3 is 10.2 Å². The highest BCUT2D eigenvalue weighted by Crippen LogP contribution is 2.33. The van der Waals surface area contributed by atoms with E-state index in [2.05, 4.69) is 25.2 Å². The zero-order chi connectivity index (χ0) is 19.4. The molecule has 0 radical (unpaired) electrons. The maximum absolute atomic E-state index is 12.6. The smallest absolute Gasteiger partial charge is 0.227 e. The normalized spacial score (nSPS) is 17.8. The third-order valence-corrected chi connectivity index (χ3v) is 5.45. The third kappa shape index (κ3) is 4.38. The van der Waals surface area contributed by atoms with E-state index in [-0.39, 0.29) is 24.2 Å². The minimum Gasteiger partial charge on any atom is -0.352 e. The van der Waals surface area contributed by atoms with Crippen molar-refractivity contribution in [1.82, 2.24) is 5.32 Å². The van der Waals surface area contributed by atoms with Crippen molar-refractivity contribution in [2.24, 2.45) is 5.92 Å². The zero-order valence-corrected chi connectivity index (χ0v) is 16.4.